The van der Waals surface area contributed by atoms with Gasteiger partial charge >= 0.3 is 0 Å². The van der Waals surface area contributed by atoms with Crippen LogP contribution < -0.4 is 0 Å². The summed E-state index contributed by atoms with van der Waals surface area (Å²) in [5.41, 5.74) is 1.22. The maximum Gasteiger partial charge on any atom is 0.253 e. The topological polar surface area (TPSA) is 34.4 Å². The molecule has 13 heavy (non-hydrogen) atoms. The Bertz CT molecular complexity index is 480. The molecular weight excluding hydrogens is 255 g/mol. The minimum Gasteiger partial charge on any atom is -0.293 e. The molecule has 0 unspecified atom stereocenters. The van der Waals surface area contributed by atoms with Gasteiger partial charge in [0.2, 0.25) is 0 Å². The summed E-state index contributed by atoms with van der Waals surface area (Å²) in [4.78, 5) is 14.9. The highest BCUT2D eigenvalue weighted by molar-refractivity contribution is 9.10. The number of hydrogen-bond acceptors (Lipinski definition) is 2. The van der Waals surface area contributed by atoms with Gasteiger partial charge in [0, 0.05) is 6.20 Å². The van der Waals surface area contributed by atoms with Crippen molar-refractivity contribution in [1.82, 2.24) is 9.38 Å². The van der Waals surface area contributed by atoms with Crippen molar-refractivity contribution in [2.45, 2.75) is 0 Å². The predicted molar refractivity (Wildman–Crippen MR) is 53.1 cm³/mol. The van der Waals surface area contributed by atoms with E-state index in [4.69, 9.17) is 11.6 Å². The Hall–Kier alpha value is -0.870. The molecule has 0 bridgehead atoms. The van der Waals surface area contributed by atoms with Crippen molar-refractivity contribution >= 4 is 38.4 Å². The molecule has 0 amide bonds. The molecule has 5 heteroatoms. The number of imidazole rings is 1. The van der Waals surface area contributed by atoms with Crippen molar-refractivity contribution in [1.29, 1.82) is 0 Å². The van der Waals surface area contributed by atoms with Crippen LogP contribution in [0.4, 0.5) is 0 Å². The summed E-state index contributed by atoms with van der Waals surface area (Å²) in [6, 6.07) is 3.38. The van der Waals surface area contributed by atoms with Crippen LogP contribution in [0.25, 0.3) is 5.65 Å². The first kappa shape index (κ1) is 8.72. The lowest BCUT2D eigenvalue weighted by Crippen LogP contribution is -1.93. The Morgan fingerprint density at radius 1 is 1.54 bits per heavy atom. The van der Waals surface area contributed by atoms with Gasteiger partial charge in [0.05, 0.1) is 11.8 Å². The fourth-order valence-electron chi connectivity index (χ4n) is 1.07. The minimum atomic E-state index is -0.470. The van der Waals surface area contributed by atoms with Gasteiger partial charge in [-0.3, -0.25) is 9.20 Å². The second-order valence-corrected chi connectivity index (χ2v) is 3.66. The molecule has 0 fully saturated rings. The van der Waals surface area contributed by atoms with Crippen LogP contribution in [-0.4, -0.2) is 14.6 Å². The molecule has 0 aliphatic heterocycles. The lowest BCUT2D eigenvalue weighted by Gasteiger charge is -1.96. The fraction of sp³-hybridized carbons (Fsp3) is 0. The molecule has 0 saturated heterocycles. The molecule has 0 aromatic carbocycles. The summed E-state index contributed by atoms with van der Waals surface area (Å²) < 4.78 is 2.54. The van der Waals surface area contributed by atoms with E-state index in [-0.39, 0.29) is 0 Å². The van der Waals surface area contributed by atoms with E-state index in [1.165, 1.54) is 0 Å². The molecule has 0 saturated carbocycles. The van der Waals surface area contributed by atoms with E-state index in [1.807, 2.05) is 0 Å². The zero-order valence-electron chi connectivity index (χ0n) is 6.37. The smallest absolute Gasteiger partial charge is 0.253 e. The normalized spacial score (nSPS) is 10.6. The average Bonchev–Trinajstić information content (AvgIpc) is 2.47. The van der Waals surface area contributed by atoms with Crippen LogP contribution in [0.3, 0.4) is 0 Å². The number of halogens is 2. The van der Waals surface area contributed by atoms with Gasteiger partial charge in [-0.2, -0.15) is 0 Å². The lowest BCUT2D eigenvalue weighted by molar-refractivity contribution is 0.108. The van der Waals surface area contributed by atoms with E-state index in [9.17, 15) is 4.79 Å². The predicted octanol–water partition coefficient (Wildman–Crippen LogP) is 2.48. The first-order valence-corrected chi connectivity index (χ1v) is 4.68. The zero-order chi connectivity index (χ0) is 9.42. The third-order valence-electron chi connectivity index (χ3n) is 1.69. The highest BCUT2D eigenvalue weighted by Crippen LogP contribution is 2.14. The second-order valence-electron chi connectivity index (χ2n) is 2.50. The molecular formula is C8H4BrClN2O. The van der Waals surface area contributed by atoms with Gasteiger partial charge in [-0.25, -0.2) is 4.98 Å². The summed E-state index contributed by atoms with van der Waals surface area (Å²) in [5, 5.41) is -0.470. The van der Waals surface area contributed by atoms with Crippen LogP contribution in [0, 0.1) is 0 Å². The minimum absolute atomic E-state index is 0.452. The fourth-order valence-corrected chi connectivity index (χ4v) is 1.57. The highest BCUT2D eigenvalue weighted by atomic mass is 79.9. The molecule has 2 aromatic heterocycles. The Morgan fingerprint density at radius 2 is 2.31 bits per heavy atom. The van der Waals surface area contributed by atoms with Gasteiger partial charge in [0.1, 0.15) is 10.3 Å². The van der Waals surface area contributed by atoms with Gasteiger partial charge < -0.3 is 0 Å². The third kappa shape index (κ3) is 1.47. The van der Waals surface area contributed by atoms with Crippen molar-refractivity contribution in [2.75, 3.05) is 0 Å². The average molecular weight is 259 g/mol. The quantitative estimate of drug-likeness (QED) is 0.737. The number of aromatic nitrogens is 2. The van der Waals surface area contributed by atoms with Crippen LogP contribution in [0.15, 0.2) is 29.1 Å². The Kier molecular flexibility index (Phi) is 2.09. The monoisotopic (exact) mass is 258 g/mol. The molecule has 0 aliphatic carbocycles. The SMILES string of the molecule is O=C(Cl)c1ccc2ncc(Br)n2c1. The summed E-state index contributed by atoms with van der Waals surface area (Å²) in [6.07, 6.45) is 3.31. The molecule has 2 heterocycles. The van der Waals surface area contributed by atoms with Gasteiger partial charge in [0.15, 0.2) is 0 Å². The van der Waals surface area contributed by atoms with Crippen molar-refractivity contribution in [3.8, 4) is 0 Å². The third-order valence-corrected chi connectivity index (χ3v) is 2.49. The molecule has 2 aromatic rings. The van der Waals surface area contributed by atoms with E-state index < -0.39 is 5.24 Å². The second kappa shape index (κ2) is 3.12. The first-order valence-electron chi connectivity index (χ1n) is 3.51. The van der Waals surface area contributed by atoms with Crippen LogP contribution >= 0.6 is 27.5 Å². The van der Waals surface area contributed by atoms with Crippen molar-refractivity contribution in [3.05, 3.63) is 34.7 Å². The molecule has 0 spiro atoms. The van der Waals surface area contributed by atoms with Crippen LogP contribution in [0.1, 0.15) is 10.4 Å². The number of carbonyl (C=O) groups excluding carboxylic acids is 1. The highest BCUT2D eigenvalue weighted by Gasteiger charge is 2.04. The molecule has 0 radical (unpaired) electrons. The Labute approximate surface area is 87.5 Å². The molecule has 3 nitrogen and oxygen atoms in total. The van der Waals surface area contributed by atoms with Crippen LogP contribution in [-0.2, 0) is 0 Å². The molecule has 0 atom stereocenters. The molecule has 66 valence electrons. The number of rotatable bonds is 1. The van der Waals surface area contributed by atoms with Crippen LogP contribution in [0.2, 0.25) is 0 Å². The zero-order valence-corrected chi connectivity index (χ0v) is 8.71. The number of pyridine rings is 1. The van der Waals surface area contributed by atoms with Crippen LogP contribution in [0.5, 0.6) is 0 Å². The Morgan fingerprint density at radius 3 is 3.00 bits per heavy atom. The first-order chi connectivity index (χ1) is 6.18. The summed E-state index contributed by atoms with van der Waals surface area (Å²) in [6.45, 7) is 0. The Balaban J connectivity index is 2.72. The summed E-state index contributed by atoms with van der Waals surface area (Å²) >= 11 is 8.63. The maximum absolute atomic E-state index is 10.8. The molecule has 0 aliphatic rings. The van der Waals surface area contributed by atoms with Gasteiger partial charge in [0.25, 0.3) is 5.24 Å². The molecule has 0 N–H and O–H groups in total. The lowest BCUT2D eigenvalue weighted by atomic mass is 10.3. The number of nitrogens with zero attached hydrogens (tertiary/aromatic N) is 2. The largest absolute Gasteiger partial charge is 0.293 e. The van der Waals surface area contributed by atoms with Gasteiger partial charge in [-0.1, -0.05) is 0 Å². The van der Waals surface area contributed by atoms with E-state index in [2.05, 4.69) is 20.9 Å². The van der Waals surface area contributed by atoms with E-state index in [0.717, 1.165) is 10.3 Å². The summed E-state index contributed by atoms with van der Waals surface area (Å²) in [5.74, 6) is 0. The maximum atomic E-state index is 10.8. The number of fused-ring (bicyclic) bond motifs is 1. The van der Waals surface area contributed by atoms with Gasteiger partial charge in [-0.05, 0) is 39.7 Å². The number of carbonyl (C=O) groups is 1. The standard InChI is InChI=1S/C8H4BrClN2O/c9-6-3-11-7-2-1-5(8(10)13)4-12(6)7/h1-4H. The van der Waals surface area contributed by atoms with E-state index >= 15 is 0 Å². The van der Waals surface area contributed by atoms with Crippen molar-refractivity contribution in [2.24, 2.45) is 0 Å². The number of hydrogen-bond donors (Lipinski definition) is 0. The van der Waals surface area contributed by atoms with Crippen molar-refractivity contribution < 1.29 is 4.79 Å². The van der Waals surface area contributed by atoms with Crippen molar-refractivity contribution in [3.63, 3.8) is 0 Å². The summed E-state index contributed by atoms with van der Waals surface area (Å²) in [7, 11) is 0. The van der Waals surface area contributed by atoms with E-state index in [0.29, 0.717) is 5.56 Å². The van der Waals surface area contributed by atoms with Gasteiger partial charge in [-0.15, -0.1) is 0 Å². The molecule has 2 rings (SSSR count). The van der Waals surface area contributed by atoms with E-state index in [1.54, 1.807) is 28.9 Å².